The predicted octanol–water partition coefficient (Wildman–Crippen LogP) is 4.96. The maximum absolute atomic E-state index is 14.1. The smallest absolute Gasteiger partial charge is 0.160 e. The molecule has 0 aliphatic rings. The summed E-state index contributed by atoms with van der Waals surface area (Å²) in [4.78, 5) is 11.2. The van der Waals surface area contributed by atoms with Gasteiger partial charge in [-0.1, -0.05) is 38.1 Å². The average Bonchev–Trinajstić information content (AvgIpc) is 2.38. The van der Waals surface area contributed by atoms with E-state index in [1.807, 2.05) is 19.9 Å². The summed E-state index contributed by atoms with van der Waals surface area (Å²) in [6.07, 6.45) is 0. The van der Waals surface area contributed by atoms with Gasteiger partial charge in [0.05, 0.1) is 5.56 Å². The first-order valence-electron chi connectivity index (χ1n) is 6.50. The lowest BCUT2D eigenvalue weighted by molar-refractivity contribution is 0.101. The van der Waals surface area contributed by atoms with Crippen molar-refractivity contribution in [1.82, 2.24) is 0 Å². The Bertz CT molecular complexity index is 637. The largest absolute Gasteiger partial charge is 0.295 e. The molecular formula is C17H16F2O. The van der Waals surface area contributed by atoms with Gasteiger partial charge in [0.1, 0.15) is 11.6 Å². The fourth-order valence-electron chi connectivity index (χ4n) is 2.11. The molecule has 3 heteroatoms. The van der Waals surface area contributed by atoms with E-state index in [0.29, 0.717) is 5.56 Å². The van der Waals surface area contributed by atoms with Crippen molar-refractivity contribution < 1.29 is 13.6 Å². The number of carbonyl (C=O) groups excluding carboxylic acids is 1. The first-order valence-corrected chi connectivity index (χ1v) is 6.50. The molecule has 0 fully saturated rings. The quantitative estimate of drug-likeness (QED) is 0.723. The van der Waals surface area contributed by atoms with Gasteiger partial charge in [0.15, 0.2) is 5.78 Å². The van der Waals surface area contributed by atoms with E-state index in [-0.39, 0.29) is 22.8 Å². The third-order valence-corrected chi connectivity index (χ3v) is 3.29. The molecule has 0 amide bonds. The zero-order valence-electron chi connectivity index (χ0n) is 11.7. The zero-order valence-corrected chi connectivity index (χ0v) is 11.7. The van der Waals surface area contributed by atoms with Crippen LogP contribution in [0.15, 0.2) is 36.4 Å². The molecule has 0 atom stereocenters. The molecule has 104 valence electrons. The van der Waals surface area contributed by atoms with Crippen LogP contribution in [-0.4, -0.2) is 5.78 Å². The van der Waals surface area contributed by atoms with E-state index in [9.17, 15) is 13.6 Å². The molecule has 0 aliphatic heterocycles. The van der Waals surface area contributed by atoms with Gasteiger partial charge in [-0.3, -0.25) is 4.79 Å². The van der Waals surface area contributed by atoms with Crippen molar-refractivity contribution in [3.05, 3.63) is 59.2 Å². The Kier molecular flexibility index (Phi) is 3.98. The minimum atomic E-state index is -0.712. The highest BCUT2D eigenvalue weighted by molar-refractivity contribution is 5.94. The molecular weight excluding hydrogens is 258 g/mol. The minimum absolute atomic E-state index is 0.0452. The van der Waals surface area contributed by atoms with E-state index in [2.05, 4.69) is 0 Å². The highest BCUT2D eigenvalue weighted by Crippen LogP contribution is 2.29. The molecule has 0 heterocycles. The predicted molar refractivity (Wildman–Crippen MR) is 75.9 cm³/mol. The second-order valence-electron chi connectivity index (χ2n) is 5.15. The Hall–Kier alpha value is -2.03. The summed E-state index contributed by atoms with van der Waals surface area (Å²) in [5, 5.41) is 0. The van der Waals surface area contributed by atoms with Crippen molar-refractivity contribution in [2.75, 3.05) is 0 Å². The van der Waals surface area contributed by atoms with Crippen LogP contribution in [0, 0.1) is 11.6 Å². The standard InChI is InChI=1S/C17H16F2O/c1-10(2)12-5-4-6-13(7-12)17-15(18)8-14(11(3)20)9-16(17)19/h4-10H,1-3H3. The molecule has 0 radical (unpaired) electrons. The number of hydrogen-bond acceptors (Lipinski definition) is 1. The minimum Gasteiger partial charge on any atom is -0.295 e. The van der Waals surface area contributed by atoms with Crippen LogP contribution in [0.25, 0.3) is 11.1 Å². The van der Waals surface area contributed by atoms with Crippen molar-refractivity contribution in [3.63, 3.8) is 0 Å². The fourth-order valence-corrected chi connectivity index (χ4v) is 2.11. The van der Waals surface area contributed by atoms with Crippen molar-refractivity contribution >= 4 is 5.78 Å². The van der Waals surface area contributed by atoms with E-state index in [1.54, 1.807) is 18.2 Å². The number of Topliss-reactive ketones (excluding diaryl/α,β-unsaturated/α-hetero) is 1. The van der Waals surface area contributed by atoms with Gasteiger partial charge in [-0.25, -0.2) is 8.78 Å². The van der Waals surface area contributed by atoms with Crippen molar-refractivity contribution in [1.29, 1.82) is 0 Å². The Morgan fingerprint density at radius 1 is 1.05 bits per heavy atom. The lowest BCUT2D eigenvalue weighted by Crippen LogP contribution is -1.99. The maximum Gasteiger partial charge on any atom is 0.160 e. The number of hydrogen-bond donors (Lipinski definition) is 0. The summed E-state index contributed by atoms with van der Waals surface area (Å²) in [7, 11) is 0. The molecule has 2 aromatic carbocycles. The molecule has 0 bridgehead atoms. The number of benzene rings is 2. The summed E-state index contributed by atoms with van der Waals surface area (Å²) in [5.74, 6) is -1.50. The summed E-state index contributed by atoms with van der Waals surface area (Å²) in [6, 6.07) is 9.32. The summed E-state index contributed by atoms with van der Waals surface area (Å²) in [5.41, 5.74) is 1.46. The van der Waals surface area contributed by atoms with Crippen LogP contribution in [0.2, 0.25) is 0 Å². The first kappa shape index (κ1) is 14.4. The molecule has 0 saturated carbocycles. The number of rotatable bonds is 3. The topological polar surface area (TPSA) is 17.1 Å². The maximum atomic E-state index is 14.1. The summed E-state index contributed by atoms with van der Waals surface area (Å²) < 4.78 is 28.2. The number of ketones is 1. The third kappa shape index (κ3) is 2.77. The lowest BCUT2D eigenvalue weighted by Gasteiger charge is -2.10. The van der Waals surface area contributed by atoms with Crippen LogP contribution in [0.3, 0.4) is 0 Å². The lowest BCUT2D eigenvalue weighted by atomic mass is 9.96. The van der Waals surface area contributed by atoms with E-state index in [1.165, 1.54) is 6.92 Å². The normalized spacial score (nSPS) is 10.9. The Morgan fingerprint density at radius 3 is 2.15 bits per heavy atom. The second-order valence-corrected chi connectivity index (χ2v) is 5.15. The average molecular weight is 274 g/mol. The molecule has 0 N–H and O–H groups in total. The van der Waals surface area contributed by atoms with Gasteiger partial charge in [-0.2, -0.15) is 0 Å². The van der Waals surface area contributed by atoms with Gasteiger partial charge >= 0.3 is 0 Å². The Labute approximate surface area is 117 Å². The fraction of sp³-hybridized carbons (Fsp3) is 0.235. The molecule has 0 aromatic heterocycles. The van der Waals surface area contributed by atoms with Gasteiger partial charge in [0.25, 0.3) is 0 Å². The highest BCUT2D eigenvalue weighted by Gasteiger charge is 2.15. The van der Waals surface area contributed by atoms with Crippen molar-refractivity contribution in [2.45, 2.75) is 26.7 Å². The van der Waals surface area contributed by atoms with E-state index >= 15 is 0 Å². The van der Waals surface area contributed by atoms with Gasteiger partial charge in [0.2, 0.25) is 0 Å². The van der Waals surface area contributed by atoms with Crippen LogP contribution < -0.4 is 0 Å². The zero-order chi connectivity index (χ0) is 14.9. The Morgan fingerprint density at radius 2 is 1.65 bits per heavy atom. The van der Waals surface area contributed by atoms with Gasteiger partial charge in [-0.15, -0.1) is 0 Å². The number of carbonyl (C=O) groups is 1. The molecule has 1 nitrogen and oxygen atoms in total. The summed E-state index contributed by atoms with van der Waals surface area (Å²) in [6.45, 7) is 5.32. The van der Waals surface area contributed by atoms with Crippen LogP contribution in [0.5, 0.6) is 0 Å². The second kappa shape index (κ2) is 5.53. The van der Waals surface area contributed by atoms with E-state index in [4.69, 9.17) is 0 Å². The van der Waals surface area contributed by atoms with Crippen molar-refractivity contribution in [2.24, 2.45) is 0 Å². The molecule has 0 spiro atoms. The van der Waals surface area contributed by atoms with Crippen LogP contribution >= 0.6 is 0 Å². The molecule has 20 heavy (non-hydrogen) atoms. The first-order chi connectivity index (χ1) is 9.40. The van der Waals surface area contributed by atoms with Gasteiger partial charge in [0, 0.05) is 5.56 Å². The van der Waals surface area contributed by atoms with Crippen LogP contribution in [0.4, 0.5) is 8.78 Å². The van der Waals surface area contributed by atoms with Crippen LogP contribution in [-0.2, 0) is 0 Å². The van der Waals surface area contributed by atoms with E-state index in [0.717, 1.165) is 17.7 Å². The molecule has 2 aromatic rings. The van der Waals surface area contributed by atoms with Crippen molar-refractivity contribution in [3.8, 4) is 11.1 Å². The van der Waals surface area contributed by atoms with E-state index < -0.39 is 11.6 Å². The number of halogens is 2. The molecule has 0 unspecified atom stereocenters. The summed E-state index contributed by atoms with van der Waals surface area (Å²) >= 11 is 0. The van der Waals surface area contributed by atoms with Gasteiger partial charge < -0.3 is 0 Å². The van der Waals surface area contributed by atoms with Gasteiger partial charge in [-0.05, 0) is 36.1 Å². The third-order valence-electron chi connectivity index (χ3n) is 3.29. The highest BCUT2D eigenvalue weighted by atomic mass is 19.1. The monoisotopic (exact) mass is 274 g/mol. The Balaban J connectivity index is 2.58. The molecule has 0 aliphatic carbocycles. The molecule has 0 saturated heterocycles. The van der Waals surface area contributed by atoms with Crippen LogP contribution in [0.1, 0.15) is 42.6 Å². The SMILES string of the molecule is CC(=O)c1cc(F)c(-c2cccc(C(C)C)c2)c(F)c1. The molecule has 2 rings (SSSR count).